The lowest BCUT2D eigenvalue weighted by molar-refractivity contribution is -0.322. The number of esters is 1. The van der Waals surface area contributed by atoms with Crippen molar-refractivity contribution in [3.05, 3.63) is 0 Å². The Hall–Kier alpha value is -1.24. The fourth-order valence-electron chi connectivity index (χ4n) is 6.41. The summed E-state index contributed by atoms with van der Waals surface area (Å²) in [5.74, 6) is -2.33. The third kappa shape index (κ3) is 2.92. The standard InChI is InChI=1S/C19H26F2O5/c1-16(4-2-3-5-16)25-15(24)17-7-12-6-13(8-17)10-18(9-12,11-17)26-19(20,21)14(22)23/h12-13H,2-11H2,1H3,(H,22,23). The van der Waals surface area contributed by atoms with Crippen LogP contribution in [0.4, 0.5) is 8.78 Å². The number of carboxylic acid groups (broad SMARTS) is 1. The largest absolute Gasteiger partial charge is 0.475 e. The molecule has 0 amide bonds. The SMILES string of the molecule is CC1(OC(=O)C23CC4CC(CC(OC(F)(F)C(=O)O)(C4)C2)C3)CCCC1. The zero-order chi connectivity index (χ0) is 18.8. The number of aliphatic carboxylic acids is 1. The van der Waals surface area contributed by atoms with Gasteiger partial charge in [-0.15, -0.1) is 0 Å². The molecule has 5 fully saturated rings. The molecular weight excluding hydrogens is 346 g/mol. The van der Waals surface area contributed by atoms with E-state index in [4.69, 9.17) is 14.6 Å². The highest BCUT2D eigenvalue weighted by Gasteiger charge is 2.65. The van der Waals surface area contributed by atoms with Crippen LogP contribution < -0.4 is 0 Å². The number of hydrogen-bond donors (Lipinski definition) is 1. The first-order valence-electron chi connectivity index (χ1n) is 9.60. The van der Waals surface area contributed by atoms with Crippen molar-refractivity contribution in [1.29, 1.82) is 0 Å². The van der Waals surface area contributed by atoms with Crippen LogP contribution in [-0.4, -0.2) is 34.4 Å². The molecule has 0 aliphatic heterocycles. The Bertz CT molecular complexity index is 611. The third-order valence-corrected chi connectivity index (χ3v) is 7.03. The van der Waals surface area contributed by atoms with Crippen molar-refractivity contribution in [3.63, 3.8) is 0 Å². The number of carbonyl (C=O) groups excluding carboxylic acids is 1. The van der Waals surface area contributed by atoms with Crippen LogP contribution in [0.2, 0.25) is 0 Å². The summed E-state index contributed by atoms with van der Waals surface area (Å²) in [5.41, 5.74) is -2.49. The molecule has 5 aliphatic carbocycles. The van der Waals surface area contributed by atoms with Gasteiger partial charge in [0.1, 0.15) is 5.60 Å². The topological polar surface area (TPSA) is 72.8 Å². The monoisotopic (exact) mass is 372 g/mol. The molecule has 2 unspecified atom stereocenters. The predicted octanol–water partition coefficient (Wildman–Crippen LogP) is 3.90. The van der Waals surface area contributed by atoms with Gasteiger partial charge in [-0.3, -0.25) is 4.79 Å². The molecule has 146 valence electrons. The maximum atomic E-state index is 13.8. The van der Waals surface area contributed by atoms with Crippen molar-refractivity contribution >= 4 is 11.9 Å². The van der Waals surface area contributed by atoms with Crippen molar-refractivity contribution in [2.45, 2.75) is 88.4 Å². The molecule has 2 atom stereocenters. The second-order valence-corrected chi connectivity index (χ2v) is 9.39. The first-order chi connectivity index (χ1) is 12.1. The minimum Gasteiger partial charge on any atom is -0.475 e. The van der Waals surface area contributed by atoms with Gasteiger partial charge in [-0.05, 0) is 83.0 Å². The van der Waals surface area contributed by atoms with Crippen LogP contribution in [0.5, 0.6) is 0 Å². The number of hydrogen-bond acceptors (Lipinski definition) is 4. The van der Waals surface area contributed by atoms with Gasteiger partial charge >= 0.3 is 18.0 Å². The van der Waals surface area contributed by atoms with E-state index in [1.165, 1.54) is 0 Å². The highest BCUT2D eigenvalue weighted by Crippen LogP contribution is 2.64. The van der Waals surface area contributed by atoms with Crippen LogP contribution in [0.15, 0.2) is 0 Å². The van der Waals surface area contributed by atoms with Crippen LogP contribution in [0.1, 0.15) is 71.1 Å². The first-order valence-corrected chi connectivity index (χ1v) is 9.60. The molecular formula is C19H26F2O5. The first kappa shape index (κ1) is 18.1. The highest BCUT2D eigenvalue weighted by molar-refractivity contribution is 5.78. The maximum Gasteiger partial charge on any atom is 0.456 e. The molecule has 0 aromatic heterocycles. The molecule has 4 bridgehead atoms. The fraction of sp³-hybridized carbons (Fsp3) is 0.895. The predicted molar refractivity (Wildman–Crippen MR) is 86.5 cm³/mol. The molecule has 26 heavy (non-hydrogen) atoms. The van der Waals surface area contributed by atoms with E-state index in [-0.39, 0.29) is 24.2 Å². The van der Waals surface area contributed by atoms with E-state index in [1.807, 2.05) is 6.92 Å². The van der Waals surface area contributed by atoms with E-state index in [2.05, 4.69) is 0 Å². The van der Waals surface area contributed by atoms with Crippen LogP contribution in [0.3, 0.4) is 0 Å². The Morgan fingerprint density at radius 1 is 1.08 bits per heavy atom. The molecule has 5 saturated carbocycles. The minimum atomic E-state index is -4.23. The molecule has 0 aromatic rings. The van der Waals surface area contributed by atoms with Crippen molar-refractivity contribution in [2.24, 2.45) is 17.3 Å². The van der Waals surface area contributed by atoms with Gasteiger partial charge < -0.3 is 14.6 Å². The van der Waals surface area contributed by atoms with Gasteiger partial charge in [0.15, 0.2) is 0 Å². The lowest BCUT2D eigenvalue weighted by Gasteiger charge is -2.60. The molecule has 0 aromatic carbocycles. The Morgan fingerprint density at radius 3 is 2.19 bits per heavy atom. The molecule has 5 rings (SSSR count). The lowest BCUT2D eigenvalue weighted by Crippen LogP contribution is -2.62. The molecule has 0 heterocycles. The molecule has 7 heteroatoms. The summed E-state index contributed by atoms with van der Waals surface area (Å²) in [5, 5.41) is 8.77. The van der Waals surface area contributed by atoms with E-state index in [1.54, 1.807) is 0 Å². The number of carbonyl (C=O) groups is 2. The van der Waals surface area contributed by atoms with E-state index >= 15 is 0 Å². The Morgan fingerprint density at radius 2 is 1.65 bits per heavy atom. The zero-order valence-corrected chi connectivity index (χ0v) is 15.1. The number of alkyl halides is 2. The quantitative estimate of drug-likeness (QED) is 0.741. The average Bonchev–Trinajstić information content (AvgIpc) is 2.90. The molecule has 0 spiro atoms. The van der Waals surface area contributed by atoms with Gasteiger partial charge in [0.25, 0.3) is 0 Å². The summed E-state index contributed by atoms with van der Waals surface area (Å²) in [4.78, 5) is 24.0. The van der Waals surface area contributed by atoms with Gasteiger partial charge in [-0.1, -0.05) is 0 Å². The van der Waals surface area contributed by atoms with Crippen molar-refractivity contribution in [1.82, 2.24) is 0 Å². The van der Waals surface area contributed by atoms with Gasteiger partial charge in [-0.2, -0.15) is 8.78 Å². The number of rotatable bonds is 5. The van der Waals surface area contributed by atoms with Crippen molar-refractivity contribution in [3.8, 4) is 0 Å². The average molecular weight is 372 g/mol. The Balaban J connectivity index is 1.58. The van der Waals surface area contributed by atoms with Gasteiger partial charge in [0.2, 0.25) is 0 Å². The summed E-state index contributed by atoms with van der Waals surface area (Å²) in [6.07, 6.45) is 2.62. The summed E-state index contributed by atoms with van der Waals surface area (Å²) in [6.45, 7) is 1.95. The van der Waals surface area contributed by atoms with E-state index in [0.29, 0.717) is 25.7 Å². The number of carboxylic acids is 1. The van der Waals surface area contributed by atoms with Gasteiger partial charge in [0.05, 0.1) is 11.0 Å². The smallest absolute Gasteiger partial charge is 0.456 e. The molecule has 5 nitrogen and oxygen atoms in total. The van der Waals surface area contributed by atoms with Crippen molar-refractivity contribution < 1.29 is 33.0 Å². The number of ether oxygens (including phenoxy) is 2. The van der Waals surface area contributed by atoms with Crippen LogP contribution in [-0.2, 0) is 19.1 Å². The minimum absolute atomic E-state index is 0.116. The second-order valence-electron chi connectivity index (χ2n) is 9.39. The lowest BCUT2D eigenvalue weighted by atomic mass is 9.48. The summed E-state index contributed by atoms with van der Waals surface area (Å²) < 4.78 is 38.5. The van der Waals surface area contributed by atoms with E-state index in [9.17, 15) is 18.4 Å². The summed E-state index contributed by atoms with van der Waals surface area (Å²) >= 11 is 0. The maximum absolute atomic E-state index is 13.8. The van der Waals surface area contributed by atoms with E-state index in [0.717, 1.165) is 32.1 Å². The van der Waals surface area contributed by atoms with Crippen LogP contribution in [0.25, 0.3) is 0 Å². The molecule has 0 radical (unpaired) electrons. The second kappa shape index (κ2) is 5.63. The number of halogens is 2. The summed E-state index contributed by atoms with van der Waals surface area (Å²) in [7, 11) is 0. The van der Waals surface area contributed by atoms with Gasteiger partial charge in [0, 0.05) is 0 Å². The molecule has 1 N–H and O–H groups in total. The van der Waals surface area contributed by atoms with Gasteiger partial charge in [-0.25, -0.2) is 4.79 Å². The molecule has 5 aliphatic rings. The Labute approximate surface area is 151 Å². The van der Waals surface area contributed by atoms with Crippen molar-refractivity contribution in [2.75, 3.05) is 0 Å². The third-order valence-electron chi connectivity index (χ3n) is 7.03. The summed E-state index contributed by atoms with van der Waals surface area (Å²) in [6, 6.07) is 0. The normalized spacial score (nSPS) is 40.6. The zero-order valence-electron chi connectivity index (χ0n) is 15.1. The Kier molecular flexibility index (Phi) is 3.93. The van der Waals surface area contributed by atoms with Crippen LogP contribution >= 0.6 is 0 Å². The fourth-order valence-corrected chi connectivity index (χ4v) is 6.41. The molecule has 0 saturated heterocycles. The van der Waals surface area contributed by atoms with Crippen LogP contribution in [0, 0.1) is 17.3 Å². The van der Waals surface area contributed by atoms with E-state index < -0.39 is 28.7 Å². The highest BCUT2D eigenvalue weighted by atomic mass is 19.3.